The summed E-state index contributed by atoms with van der Waals surface area (Å²) in [7, 11) is 0. The molecule has 2 N–H and O–H groups in total. The van der Waals surface area contributed by atoms with Gasteiger partial charge in [-0.05, 0) is 30.5 Å². The lowest BCUT2D eigenvalue weighted by Crippen LogP contribution is -2.15. The summed E-state index contributed by atoms with van der Waals surface area (Å²) in [5.41, 5.74) is 6.42. The zero-order valence-corrected chi connectivity index (χ0v) is 10.3. The normalized spacial score (nSPS) is 13.4. The van der Waals surface area contributed by atoms with Gasteiger partial charge in [0.25, 0.3) is 0 Å². The Morgan fingerprint density at radius 1 is 1.33 bits per heavy atom. The summed E-state index contributed by atoms with van der Waals surface area (Å²) in [5.74, 6) is 0.650. The Morgan fingerprint density at radius 3 is 2.67 bits per heavy atom. The van der Waals surface area contributed by atoms with Gasteiger partial charge in [0.05, 0.1) is 6.61 Å². The number of rotatable bonds is 6. The topological polar surface area (TPSA) is 35.2 Å². The van der Waals surface area contributed by atoms with Crippen LogP contribution in [-0.4, -0.2) is 12.8 Å². The van der Waals surface area contributed by atoms with Crippen LogP contribution >= 0.6 is 0 Å². The Labute approximate surface area is 105 Å². The van der Waals surface area contributed by atoms with Crippen LogP contribution in [-0.2, 0) is 0 Å². The fourth-order valence-electron chi connectivity index (χ4n) is 1.54. The van der Waals surface area contributed by atoms with Gasteiger partial charge in [0.1, 0.15) is 5.75 Å². The third-order valence-corrected chi connectivity index (χ3v) is 2.50. The average molecular weight is 261 g/mol. The van der Waals surface area contributed by atoms with Crippen molar-refractivity contribution in [3.8, 4) is 5.75 Å². The summed E-state index contributed by atoms with van der Waals surface area (Å²) in [5, 5.41) is 0. The molecule has 1 unspecified atom stereocenters. The SMILES string of the molecule is CCCOc1cccc(C(N)CCC(F)(F)F)c1. The standard InChI is InChI=1S/C13H18F3NO/c1-2-8-18-11-5-3-4-10(9-11)12(17)6-7-13(14,15)16/h3-5,9,12H,2,6-8,17H2,1H3. The molecule has 0 saturated carbocycles. The molecule has 1 atom stereocenters. The molecule has 0 fully saturated rings. The number of hydrogen-bond donors (Lipinski definition) is 1. The van der Waals surface area contributed by atoms with E-state index in [1.54, 1.807) is 24.3 Å². The molecule has 1 aromatic carbocycles. The zero-order chi connectivity index (χ0) is 13.6. The minimum absolute atomic E-state index is 0.110. The number of nitrogens with two attached hydrogens (primary N) is 1. The molecular weight excluding hydrogens is 243 g/mol. The van der Waals surface area contributed by atoms with E-state index in [1.807, 2.05) is 6.92 Å². The second kappa shape index (κ2) is 6.64. The van der Waals surface area contributed by atoms with E-state index in [0.717, 1.165) is 6.42 Å². The summed E-state index contributed by atoms with van der Waals surface area (Å²) >= 11 is 0. The van der Waals surface area contributed by atoms with E-state index >= 15 is 0 Å². The van der Waals surface area contributed by atoms with Crippen LogP contribution in [0.2, 0.25) is 0 Å². The quantitative estimate of drug-likeness (QED) is 0.845. The van der Waals surface area contributed by atoms with Gasteiger partial charge in [-0.15, -0.1) is 0 Å². The summed E-state index contributed by atoms with van der Waals surface area (Å²) in [4.78, 5) is 0. The second-order valence-corrected chi connectivity index (χ2v) is 4.18. The van der Waals surface area contributed by atoms with Crippen LogP contribution in [0, 0.1) is 0 Å². The van der Waals surface area contributed by atoms with Crippen LogP contribution in [0.4, 0.5) is 13.2 Å². The number of halogens is 3. The summed E-state index contributed by atoms with van der Waals surface area (Å²) in [6.07, 6.45) is -4.26. The lowest BCUT2D eigenvalue weighted by Gasteiger charge is -2.14. The van der Waals surface area contributed by atoms with E-state index < -0.39 is 18.6 Å². The Balaban J connectivity index is 2.59. The minimum atomic E-state index is -4.16. The molecule has 0 aliphatic rings. The molecule has 1 aromatic rings. The molecule has 0 bridgehead atoms. The van der Waals surface area contributed by atoms with Crippen molar-refractivity contribution in [2.24, 2.45) is 5.73 Å². The molecule has 18 heavy (non-hydrogen) atoms. The Hall–Kier alpha value is -1.23. The molecule has 0 aliphatic heterocycles. The van der Waals surface area contributed by atoms with E-state index in [1.165, 1.54) is 0 Å². The van der Waals surface area contributed by atoms with Crippen LogP contribution in [0.25, 0.3) is 0 Å². The first-order chi connectivity index (χ1) is 8.42. The van der Waals surface area contributed by atoms with E-state index in [9.17, 15) is 13.2 Å². The van der Waals surface area contributed by atoms with Crippen molar-refractivity contribution in [3.05, 3.63) is 29.8 Å². The number of hydrogen-bond acceptors (Lipinski definition) is 2. The van der Waals surface area contributed by atoms with E-state index in [4.69, 9.17) is 10.5 Å². The van der Waals surface area contributed by atoms with Gasteiger partial charge >= 0.3 is 6.18 Å². The van der Waals surface area contributed by atoms with Crippen LogP contribution < -0.4 is 10.5 Å². The molecule has 0 radical (unpaired) electrons. The van der Waals surface area contributed by atoms with Crippen molar-refractivity contribution in [2.45, 2.75) is 38.4 Å². The lowest BCUT2D eigenvalue weighted by atomic mass is 10.0. The molecule has 102 valence electrons. The first kappa shape index (κ1) is 14.8. The molecule has 2 nitrogen and oxygen atoms in total. The maximum absolute atomic E-state index is 12.1. The van der Waals surface area contributed by atoms with Gasteiger partial charge in [-0.3, -0.25) is 0 Å². The Bertz CT molecular complexity index is 365. The predicted octanol–water partition coefficient (Wildman–Crippen LogP) is 3.82. The maximum Gasteiger partial charge on any atom is 0.389 e. The van der Waals surface area contributed by atoms with Crippen molar-refractivity contribution < 1.29 is 17.9 Å². The molecule has 0 amide bonds. The largest absolute Gasteiger partial charge is 0.494 e. The van der Waals surface area contributed by atoms with Gasteiger partial charge in [0.2, 0.25) is 0 Å². The second-order valence-electron chi connectivity index (χ2n) is 4.18. The highest BCUT2D eigenvalue weighted by Crippen LogP contribution is 2.27. The average Bonchev–Trinajstić information content (AvgIpc) is 2.33. The van der Waals surface area contributed by atoms with E-state index in [0.29, 0.717) is 17.9 Å². The first-order valence-electron chi connectivity index (χ1n) is 5.97. The van der Waals surface area contributed by atoms with Crippen molar-refractivity contribution in [1.29, 1.82) is 0 Å². The molecule has 0 saturated heterocycles. The molecule has 0 aliphatic carbocycles. The molecule has 1 rings (SSSR count). The summed E-state index contributed by atoms with van der Waals surface area (Å²) in [6.45, 7) is 2.57. The van der Waals surface area contributed by atoms with Crippen molar-refractivity contribution in [3.63, 3.8) is 0 Å². The van der Waals surface area contributed by atoms with Gasteiger partial charge in [-0.2, -0.15) is 13.2 Å². The monoisotopic (exact) mass is 261 g/mol. The fraction of sp³-hybridized carbons (Fsp3) is 0.538. The van der Waals surface area contributed by atoms with Gasteiger partial charge < -0.3 is 10.5 Å². The highest BCUT2D eigenvalue weighted by atomic mass is 19.4. The number of ether oxygens (including phenoxy) is 1. The zero-order valence-electron chi connectivity index (χ0n) is 10.3. The summed E-state index contributed by atoms with van der Waals surface area (Å²) in [6, 6.07) is 6.33. The van der Waals surface area contributed by atoms with Gasteiger partial charge in [-0.25, -0.2) is 0 Å². The van der Waals surface area contributed by atoms with E-state index in [2.05, 4.69) is 0 Å². The third kappa shape index (κ3) is 5.40. The molecule has 5 heteroatoms. The maximum atomic E-state index is 12.1. The van der Waals surface area contributed by atoms with Crippen LogP contribution in [0.1, 0.15) is 37.8 Å². The highest BCUT2D eigenvalue weighted by Gasteiger charge is 2.27. The predicted molar refractivity (Wildman–Crippen MR) is 64.4 cm³/mol. The Morgan fingerprint density at radius 2 is 2.06 bits per heavy atom. The van der Waals surface area contributed by atoms with Gasteiger partial charge in [-0.1, -0.05) is 19.1 Å². The van der Waals surface area contributed by atoms with Crippen LogP contribution in [0.3, 0.4) is 0 Å². The van der Waals surface area contributed by atoms with Crippen molar-refractivity contribution in [1.82, 2.24) is 0 Å². The third-order valence-electron chi connectivity index (χ3n) is 2.50. The van der Waals surface area contributed by atoms with Crippen molar-refractivity contribution in [2.75, 3.05) is 6.61 Å². The first-order valence-corrected chi connectivity index (χ1v) is 5.97. The minimum Gasteiger partial charge on any atom is -0.494 e. The van der Waals surface area contributed by atoms with Gasteiger partial charge in [0.15, 0.2) is 0 Å². The smallest absolute Gasteiger partial charge is 0.389 e. The Kier molecular flexibility index (Phi) is 5.47. The van der Waals surface area contributed by atoms with E-state index in [-0.39, 0.29) is 6.42 Å². The molecular formula is C13H18F3NO. The molecule has 0 heterocycles. The summed E-state index contributed by atoms with van der Waals surface area (Å²) < 4.78 is 41.7. The van der Waals surface area contributed by atoms with Crippen LogP contribution in [0.5, 0.6) is 5.75 Å². The van der Waals surface area contributed by atoms with Crippen molar-refractivity contribution >= 4 is 0 Å². The fourth-order valence-corrected chi connectivity index (χ4v) is 1.54. The van der Waals surface area contributed by atoms with Crippen LogP contribution in [0.15, 0.2) is 24.3 Å². The van der Waals surface area contributed by atoms with Gasteiger partial charge in [0, 0.05) is 12.5 Å². The molecule has 0 aromatic heterocycles. The number of alkyl halides is 3. The highest BCUT2D eigenvalue weighted by molar-refractivity contribution is 5.30. The lowest BCUT2D eigenvalue weighted by molar-refractivity contribution is -0.136. The number of benzene rings is 1. The molecule has 0 spiro atoms.